The summed E-state index contributed by atoms with van der Waals surface area (Å²) in [6, 6.07) is 4.50. The summed E-state index contributed by atoms with van der Waals surface area (Å²) in [5, 5.41) is 2.65. The molecule has 0 fully saturated rings. The minimum Gasteiger partial charge on any atom is -0.352 e. The van der Waals surface area contributed by atoms with E-state index in [2.05, 4.69) is 5.32 Å². The van der Waals surface area contributed by atoms with Gasteiger partial charge >= 0.3 is 0 Å². The van der Waals surface area contributed by atoms with Crippen molar-refractivity contribution in [2.75, 3.05) is 12.8 Å². The summed E-state index contributed by atoms with van der Waals surface area (Å²) in [4.78, 5) is 11.7. The number of hydrogen-bond acceptors (Lipinski definition) is 2. The second-order valence-electron chi connectivity index (χ2n) is 4.34. The van der Waals surface area contributed by atoms with Gasteiger partial charge in [-0.1, -0.05) is 13.0 Å². The van der Waals surface area contributed by atoms with Crippen LogP contribution in [0.3, 0.4) is 0 Å². The van der Waals surface area contributed by atoms with Gasteiger partial charge in [-0.3, -0.25) is 9.00 Å². The zero-order chi connectivity index (χ0) is 13.7. The highest BCUT2D eigenvalue weighted by Crippen LogP contribution is 2.09. The smallest absolute Gasteiger partial charge is 0.254 e. The lowest BCUT2D eigenvalue weighted by Crippen LogP contribution is -2.28. The van der Waals surface area contributed by atoms with Crippen molar-refractivity contribution in [3.63, 3.8) is 0 Å². The van der Waals surface area contributed by atoms with E-state index in [0.29, 0.717) is 13.0 Å². The van der Waals surface area contributed by atoms with E-state index >= 15 is 0 Å². The summed E-state index contributed by atoms with van der Waals surface area (Å²) in [5.41, 5.74) is 0.824. The molecule has 1 aromatic carbocycles. The molecule has 0 saturated heterocycles. The molecule has 2 unspecified atom stereocenters. The molecule has 1 amide bonds. The highest BCUT2D eigenvalue weighted by atomic mass is 32.2. The molecule has 0 bridgehead atoms. The second kappa shape index (κ2) is 6.64. The van der Waals surface area contributed by atoms with Gasteiger partial charge in [-0.25, -0.2) is 4.39 Å². The standard InChI is InChI=1S/C13H18FNO2S/c1-9-4-5-11(12(14)8-9)13(16)15-7-6-10(2)18(3)17/h4-5,8,10H,6-7H2,1-3H3,(H,15,16). The lowest BCUT2D eigenvalue weighted by atomic mass is 10.1. The molecule has 18 heavy (non-hydrogen) atoms. The molecule has 0 radical (unpaired) electrons. The predicted molar refractivity (Wildman–Crippen MR) is 71.6 cm³/mol. The Kier molecular flexibility index (Phi) is 5.47. The fourth-order valence-electron chi connectivity index (χ4n) is 1.45. The normalized spacial score (nSPS) is 14.0. The van der Waals surface area contributed by atoms with Gasteiger partial charge in [-0.2, -0.15) is 0 Å². The van der Waals surface area contributed by atoms with Crippen molar-refractivity contribution in [1.29, 1.82) is 0 Å². The molecule has 1 rings (SSSR count). The van der Waals surface area contributed by atoms with Crippen molar-refractivity contribution < 1.29 is 13.4 Å². The van der Waals surface area contributed by atoms with Crippen molar-refractivity contribution in [1.82, 2.24) is 5.32 Å². The first kappa shape index (κ1) is 14.8. The van der Waals surface area contributed by atoms with E-state index in [1.807, 2.05) is 6.92 Å². The molecule has 1 aromatic rings. The third-order valence-electron chi connectivity index (χ3n) is 2.77. The average Bonchev–Trinajstić information content (AvgIpc) is 2.28. The molecule has 0 aliphatic carbocycles. The van der Waals surface area contributed by atoms with E-state index in [4.69, 9.17) is 0 Å². The summed E-state index contributed by atoms with van der Waals surface area (Å²) in [7, 11) is -0.902. The van der Waals surface area contributed by atoms with E-state index in [1.54, 1.807) is 19.2 Å². The van der Waals surface area contributed by atoms with Gasteiger partial charge in [0.25, 0.3) is 5.91 Å². The molecule has 2 atom stereocenters. The number of aryl methyl sites for hydroxylation is 1. The molecular weight excluding hydrogens is 253 g/mol. The largest absolute Gasteiger partial charge is 0.352 e. The predicted octanol–water partition coefficient (Wildman–Crippen LogP) is 2.02. The summed E-state index contributed by atoms with van der Waals surface area (Å²) >= 11 is 0. The van der Waals surface area contributed by atoms with Gasteiger partial charge in [0.2, 0.25) is 0 Å². The Bertz CT molecular complexity index is 462. The van der Waals surface area contributed by atoms with Gasteiger partial charge < -0.3 is 5.32 Å². The van der Waals surface area contributed by atoms with E-state index in [9.17, 15) is 13.4 Å². The molecule has 1 N–H and O–H groups in total. The van der Waals surface area contributed by atoms with Crippen LogP contribution in [0.5, 0.6) is 0 Å². The number of nitrogens with one attached hydrogen (secondary N) is 1. The number of rotatable bonds is 5. The SMILES string of the molecule is Cc1ccc(C(=O)NCCC(C)S(C)=O)c(F)c1. The molecule has 0 saturated carbocycles. The lowest BCUT2D eigenvalue weighted by Gasteiger charge is -2.10. The van der Waals surface area contributed by atoms with E-state index < -0.39 is 22.5 Å². The van der Waals surface area contributed by atoms with E-state index in [-0.39, 0.29) is 10.8 Å². The van der Waals surface area contributed by atoms with Crippen molar-refractivity contribution in [3.05, 3.63) is 35.1 Å². The summed E-state index contributed by atoms with van der Waals surface area (Å²) in [6.07, 6.45) is 2.24. The quantitative estimate of drug-likeness (QED) is 0.890. The van der Waals surface area contributed by atoms with Crippen molar-refractivity contribution >= 4 is 16.7 Å². The topological polar surface area (TPSA) is 46.2 Å². The van der Waals surface area contributed by atoms with Crippen LogP contribution in [0.2, 0.25) is 0 Å². The van der Waals surface area contributed by atoms with E-state index in [1.165, 1.54) is 12.1 Å². The Morgan fingerprint density at radius 1 is 1.50 bits per heavy atom. The van der Waals surface area contributed by atoms with Gasteiger partial charge in [0, 0.05) is 28.9 Å². The molecule has 100 valence electrons. The van der Waals surface area contributed by atoms with Crippen LogP contribution in [0.4, 0.5) is 4.39 Å². The van der Waals surface area contributed by atoms with Crippen LogP contribution in [0.1, 0.15) is 29.3 Å². The molecule has 3 nitrogen and oxygen atoms in total. The maximum Gasteiger partial charge on any atom is 0.254 e. The third kappa shape index (κ3) is 4.22. The summed E-state index contributed by atoms with van der Waals surface area (Å²) < 4.78 is 24.6. The van der Waals surface area contributed by atoms with Crippen molar-refractivity contribution in [2.24, 2.45) is 0 Å². The van der Waals surface area contributed by atoms with E-state index in [0.717, 1.165) is 5.56 Å². The van der Waals surface area contributed by atoms with Crippen LogP contribution in [0.25, 0.3) is 0 Å². The Morgan fingerprint density at radius 2 is 2.17 bits per heavy atom. The Hall–Kier alpha value is -1.23. The fraction of sp³-hybridized carbons (Fsp3) is 0.462. The maximum atomic E-state index is 13.5. The van der Waals surface area contributed by atoms with Crippen LogP contribution >= 0.6 is 0 Å². The van der Waals surface area contributed by atoms with Crippen LogP contribution in [0, 0.1) is 12.7 Å². The van der Waals surface area contributed by atoms with Gasteiger partial charge in [0.1, 0.15) is 5.82 Å². The zero-order valence-electron chi connectivity index (χ0n) is 10.8. The Balaban J connectivity index is 2.53. The summed E-state index contributed by atoms with van der Waals surface area (Å²) in [5.74, 6) is -0.943. The van der Waals surface area contributed by atoms with Gasteiger partial charge in [0.15, 0.2) is 0 Å². The molecule has 0 aliphatic rings. The minimum atomic E-state index is -0.902. The van der Waals surface area contributed by atoms with Crippen molar-refractivity contribution in [3.8, 4) is 0 Å². The first-order valence-corrected chi connectivity index (χ1v) is 7.40. The van der Waals surface area contributed by atoms with Crippen LogP contribution in [-0.4, -0.2) is 28.2 Å². The van der Waals surface area contributed by atoms with Gasteiger partial charge in [-0.05, 0) is 31.0 Å². The molecular formula is C13H18FNO2S. The van der Waals surface area contributed by atoms with Crippen LogP contribution < -0.4 is 5.32 Å². The van der Waals surface area contributed by atoms with Gasteiger partial charge in [-0.15, -0.1) is 0 Å². The fourth-order valence-corrected chi connectivity index (χ4v) is 1.90. The maximum absolute atomic E-state index is 13.5. The number of carbonyl (C=O) groups is 1. The number of benzene rings is 1. The third-order valence-corrected chi connectivity index (χ3v) is 4.14. The zero-order valence-corrected chi connectivity index (χ0v) is 11.6. The number of halogens is 1. The number of amides is 1. The molecule has 5 heteroatoms. The molecule has 0 aliphatic heterocycles. The Labute approximate surface area is 109 Å². The number of carbonyl (C=O) groups excluding carboxylic acids is 1. The van der Waals surface area contributed by atoms with Gasteiger partial charge in [0.05, 0.1) is 5.56 Å². The Morgan fingerprint density at radius 3 is 2.72 bits per heavy atom. The lowest BCUT2D eigenvalue weighted by molar-refractivity contribution is 0.0949. The molecule has 0 aromatic heterocycles. The summed E-state index contributed by atoms with van der Waals surface area (Å²) in [6.45, 7) is 4.02. The monoisotopic (exact) mass is 271 g/mol. The second-order valence-corrected chi connectivity index (χ2v) is 6.14. The highest BCUT2D eigenvalue weighted by molar-refractivity contribution is 7.84. The minimum absolute atomic E-state index is 0.0214. The number of hydrogen-bond donors (Lipinski definition) is 1. The average molecular weight is 271 g/mol. The van der Waals surface area contributed by atoms with Crippen molar-refractivity contribution in [2.45, 2.75) is 25.5 Å². The molecule has 0 spiro atoms. The molecule has 0 heterocycles. The first-order chi connectivity index (χ1) is 8.41. The van der Waals surface area contributed by atoms with Crippen LogP contribution in [-0.2, 0) is 10.8 Å². The van der Waals surface area contributed by atoms with Crippen LogP contribution in [0.15, 0.2) is 18.2 Å². The first-order valence-electron chi connectivity index (χ1n) is 5.78. The highest BCUT2D eigenvalue weighted by Gasteiger charge is 2.12.